The molecule has 4 rings (SSSR count). The summed E-state index contributed by atoms with van der Waals surface area (Å²) in [5.41, 5.74) is 3.86. The van der Waals surface area contributed by atoms with Gasteiger partial charge in [0, 0.05) is 31.0 Å². The number of benzene rings is 1. The molecule has 0 spiro atoms. The highest BCUT2D eigenvalue weighted by Gasteiger charge is 2.24. The van der Waals surface area contributed by atoms with Gasteiger partial charge in [-0.3, -0.25) is 4.79 Å². The molecule has 0 saturated carbocycles. The zero-order valence-corrected chi connectivity index (χ0v) is 15.4. The topological polar surface area (TPSA) is 49.3 Å². The molecular weight excluding hydrogens is 324 g/mol. The maximum atomic E-state index is 13.0. The minimum Gasteiger partial charge on any atom is -0.337 e. The minimum absolute atomic E-state index is 0.0453. The van der Waals surface area contributed by atoms with Crippen molar-refractivity contribution in [1.29, 1.82) is 0 Å². The van der Waals surface area contributed by atoms with E-state index in [2.05, 4.69) is 39.1 Å². The van der Waals surface area contributed by atoms with Gasteiger partial charge in [-0.15, -0.1) is 0 Å². The second kappa shape index (κ2) is 7.44. The lowest BCUT2D eigenvalue weighted by atomic mass is 10.0. The fourth-order valence-electron chi connectivity index (χ4n) is 3.96. The van der Waals surface area contributed by atoms with Crippen LogP contribution in [0.15, 0.2) is 30.3 Å². The summed E-state index contributed by atoms with van der Waals surface area (Å²) in [6.07, 6.45) is 6.75. The molecule has 2 aliphatic rings. The first-order valence-corrected chi connectivity index (χ1v) is 9.73. The van der Waals surface area contributed by atoms with Crippen molar-refractivity contribution in [2.45, 2.75) is 45.4 Å². The van der Waals surface area contributed by atoms with Gasteiger partial charge in [-0.25, -0.2) is 9.97 Å². The monoisotopic (exact) mass is 350 g/mol. The number of amides is 1. The number of rotatable bonds is 2. The molecule has 1 aromatic carbocycles. The van der Waals surface area contributed by atoms with Gasteiger partial charge in [0.1, 0.15) is 5.69 Å². The van der Waals surface area contributed by atoms with Gasteiger partial charge >= 0.3 is 0 Å². The van der Waals surface area contributed by atoms with Crippen molar-refractivity contribution >= 4 is 17.5 Å². The lowest BCUT2D eigenvalue weighted by Gasteiger charge is -2.30. The molecule has 1 saturated heterocycles. The zero-order valence-electron chi connectivity index (χ0n) is 15.4. The van der Waals surface area contributed by atoms with Crippen LogP contribution in [0.4, 0.5) is 11.6 Å². The van der Waals surface area contributed by atoms with E-state index in [1.807, 2.05) is 17.9 Å². The smallest absolute Gasteiger partial charge is 0.272 e. The molecule has 5 nitrogen and oxygen atoms in total. The Morgan fingerprint density at radius 3 is 2.54 bits per heavy atom. The third kappa shape index (κ3) is 3.43. The minimum atomic E-state index is 0.0453. The van der Waals surface area contributed by atoms with Gasteiger partial charge in [-0.2, -0.15) is 0 Å². The number of hydrogen-bond donors (Lipinski definition) is 0. The van der Waals surface area contributed by atoms with E-state index in [0.29, 0.717) is 11.6 Å². The summed E-state index contributed by atoms with van der Waals surface area (Å²) >= 11 is 0. The highest BCUT2D eigenvalue weighted by molar-refractivity contribution is 5.92. The van der Waals surface area contributed by atoms with Gasteiger partial charge in [-0.1, -0.05) is 31.0 Å². The second-order valence-corrected chi connectivity index (χ2v) is 7.28. The van der Waals surface area contributed by atoms with Crippen molar-refractivity contribution in [1.82, 2.24) is 14.9 Å². The Balaban J connectivity index is 1.66. The van der Waals surface area contributed by atoms with E-state index in [1.165, 1.54) is 18.4 Å². The molecule has 0 unspecified atom stereocenters. The highest BCUT2D eigenvalue weighted by Crippen LogP contribution is 2.31. The van der Waals surface area contributed by atoms with Crippen LogP contribution in [0.3, 0.4) is 0 Å². The highest BCUT2D eigenvalue weighted by atomic mass is 16.2. The molecule has 0 aliphatic carbocycles. The molecular formula is C21H26N4O. The first-order chi connectivity index (χ1) is 12.7. The van der Waals surface area contributed by atoms with Crippen LogP contribution in [-0.4, -0.2) is 40.4 Å². The van der Waals surface area contributed by atoms with Gasteiger partial charge < -0.3 is 9.80 Å². The van der Waals surface area contributed by atoms with Gasteiger partial charge in [0.25, 0.3) is 5.91 Å². The van der Waals surface area contributed by atoms with E-state index >= 15 is 0 Å². The van der Waals surface area contributed by atoms with Crippen molar-refractivity contribution in [3.05, 3.63) is 47.3 Å². The average molecular weight is 350 g/mol. The van der Waals surface area contributed by atoms with Crippen LogP contribution >= 0.6 is 0 Å². The van der Waals surface area contributed by atoms with Crippen molar-refractivity contribution in [3.8, 4) is 0 Å². The number of carbonyl (C=O) groups excluding carboxylic acids is 1. The lowest BCUT2D eigenvalue weighted by molar-refractivity contribution is 0.0755. The summed E-state index contributed by atoms with van der Waals surface area (Å²) in [4.78, 5) is 26.5. The van der Waals surface area contributed by atoms with E-state index in [1.54, 1.807) is 0 Å². The summed E-state index contributed by atoms with van der Waals surface area (Å²) in [7, 11) is 0. The van der Waals surface area contributed by atoms with Crippen LogP contribution in [0.2, 0.25) is 0 Å². The maximum absolute atomic E-state index is 13.0. The fourth-order valence-corrected chi connectivity index (χ4v) is 3.96. The van der Waals surface area contributed by atoms with Gasteiger partial charge in [0.2, 0.25) is 5.95 Å². The number of aromatic nitrogens is 2. The van der Waals surface area contributed by atoms with E-state index in [-0.39, 0.29) is 5.91 Å². The van der Waals surface area contributed by atoms with E-state index in [4.69, 9.17) is 0 Å². The summed E-state index contributed by atoms with van der Waals surface area (Å²) in [5.74, 6) is 0.694. The standard InChI is InChI=1S/C21H26N4O/c1-16-15-18(20(26)24-12-6-2-3-7-13-24)23-21(22-16)25-14-8-10-17-9-4-5-11-19(17)25/h4-5,9,11,15H,2-3,6-8,10,12-14H2,1H3. The Morgan fingerprint density at radius 2 is 1.73 bits per heavy atom. The number of anilines is 2. The Morgan fingerprint density at radius 1 is 0.962 bits per heavy atom. The van der Waals surface area contributed by atoms with Crippen LogP contribution in [0.5, 0.6) is 0 Å². The van der Waals surface area contributed by atoms with Gasteiger partial charge in [-0.05, 0) is 50.3 Å². The molecule has 2 aliphatic heterocycles. The molecule has 26 heavy (non-hydrogen) atoms. The van der Waals surface area contributed by atoms with Crippen molar-refractivity contribution in [2.24, 2.45) is 0 Å². The van der Waals surface area contributed by atoms with Crippen LogP contribution in [0, 0.1) is 6.92 Å². The molecule has 1 aromatic heterocycles. The van der Waals surface area contributed by atoms with Crippen LogP contribution in [0.25, 0.3) is 0 Å². The third-order valence-corrected chi connectivity index (χ3v) is 5.31. The predicted molar refractivity (Wildman–Crippen MR) is 103 cm³/mol. The number of hydrogen-bond acceptors (Lipinski definition) is 4. The largest absolute Gasteiger partial charge is 0.337 e. The maximum Gasteiger partial charge on any atom is 0.272 e. The lowest BCUT2D eigenvalue weighted by Crippen LogP contribution is -2.33. The summed E-state index contributed by atoms with van der Waals surface area (Å²) in [6, 6.07) is 10.2. The fraction of sp³-hybridized carbons (Fsp3) is 0.476. The molecule has 3 heterocycles. The Kier molecular flexibility index (Phi) is 4.87. The molecule has 0 atom stereocenters. The number of aryl methyl sites for hydroxylation is 2. The zero-order chi connectivity index (χ0) is 17.9. The van der Waals surface area contributed by atoms with Gasteiger partial charge in [0.15, 0.2) is 0 Å². The molecule has 0 N–H and O–H groups in total. The predicted octanol–water partition coefficient (Wildman–Crippen LogP) is 3.89. The molecule has 0 radical (unpaired) electrons. The number of fused-ring (bicyclic) bond motifs is 1. The van der Waals surface area contributed by atoms with E-state index in [0.717, 1.165) is 56.7 Å². The average Bonchev–Trinajstić information content (AvgIpc) is 2.96. The SMILES string of the molecule is Cc1cc(C(=O)N2CCCCCC2)nc(N2CCCc3ccccc32)n1. The molecule has 0 bridgehead atoms. The molecule has 5 heteroatoms. The molecule has 2 aromatic rings. The van der Waals surface area contributed by atoms with Crippen LogP contribution in [-0.2, 0) is 6.42 Å². The first-order valence-electron chi connectivity index (χ1n) is 9.73. The second-order valence-electron chi connectivity index (χ2n) is 7.28. The van der Waals surface area contributed by atoms with Crippen LogP contribution < -0.4 is 4.90 Å². The Bertz CT molecular complexity index is 796. The quantitative estimate of drug-likeness (QED) is 0.824. The third-order valence-electron chi connectivity index (χ3n) is 5.31. The summed E-state index contributed by atoms with van der Waals surface area (Å²) in [5, 5.41) is 0. The number of para-hydroxylation sites is 1. The van der Waals surface area contributed by atoms with Crippen molar-refractivity contribution in [2.75, 3.05) is 24.5 Å². The molecule has 1 amide bonds. The van der Waals surface area contributed by atoms with Gasteiger partial charge in [0.05, 0.1) is 0 Å². The normalized spacial score (nSPS) is 17.6. The van der Waals surface area contributed by atoms with Crippen molar-refractivity contribution < 1.29 is 4.79 Å². The first kappa shape index (κ1) is 17.0. The number of nitrogens with zero attached hydrogens (tertiary/aromatic N) is 4. The number of carbonyl (C=O) groups is 1. The summed E-state index contributed by atoms with van der Waals surface area (Å²) < 4.78 is 0. The van der Waals surface area contributed by atoms with Crippen LogP contribution in [0.1, 0.15) is 53.8 Å². The number of likely N-dealkylation sites (tertiary alicyclic amines) is 1. The molecule has 1 fully saturated rings. The summed E-state index contributed by atoms with van der Waals surface area (Å²) in [6.45, 7) is 4.51. The molecule has 136 valence electrons. The van der Waals surface area contributed by atoms with E-state index in [9.17, 15) is 4.79 Å². The Hall–Kier alpha value is -2.43. The van der Waals surface area contributed by atoms with Crippen molar-refractivity contribution in [3.63, 3.8) is 0 Å². The Labute approximate surface area is 155 Å². The van der Waals surface area contributed by atoms with E-state index < -0.39 is 0 Å².